The fourth-order valence-electron chi connectivity index (χ4n) is 2.57. The first kappa shape index (κ1) is 16.0. The third-order valence-electron chi connectivity index (χ3n) is 3.76. The summed E-state index contributed by atoms with van der Waals surface area (Å²) in [5, 5.41) is 10.8. The van der Waals surface area contributed by atoms with Crippen molar-refractivity contribution in [2.45, 2.75) is 19.8 Å². The number of non-ortho nitro benzene ring substituents is 1. The molecule has 0 saturated heterocycles. The van der Waals surface area contributed by atoms with Crippen LogP contribution in [0.25, 0.3) is 6.08 Å². The minimum absolute atomic E-state index is 0.102. The average Bonchev–Trinajstić information content (AvgIpc) is 2.69. The summed E-state index contributed by atoms with van der Waals surface area (Å²) in [5.74, 6) is 0.209. The van der Waals surface area contributed by atoms with Gasteiger partial charge in [-0.25, -0.2) is 4.79 Å². The van der Waals surface area contributed by atoms with Crippen LogP contribution in [0, 0.1) is 16.0 Å². The number of rotatable bonds is 4. The maximum Gasteiger partial charge on any atom is 0.409 e. The molecule has 1 aromatic rings. The van der Waals surface area contributed by atoms with Crippen molar-refractivity contribution >= 4 is 17.9 Å². The molecule has 6 heteroatoms. The number of nitrogens with zero attached hydrogens (tertiary/aromatic N) is 2. The molecule has 1 unspecified atom stereocenters. The lowest BCUT2D eigenvalue weighted by atomic mass is 10.0. The van der Waals surface area contributed by atoms with Crippen molar-refractivity contribution in [3.8, 4) is 0 Å². The lowest BCUT2D eigenvalue weighted by molar-refractivity contribution is -0.384. The van der Waals surface area contributed by atoms with E-state index in [0.29, 0.717) is 13.2 Å². The van der Waals surface area contributed by atoms with E-state index < -0.39 is 0 Å². The highest BCUT2D eigenvalue weighted by molar-refractivity contribution is 5.67. The predicted octanol–water partition coefficient (Wildman–Crippen LogP) is 3.26. The molecule has 1 atom stereocenters. The van der Waals surface area contributed by atoms with Crippen molar-refractivity contribution in [2.24, 2.45) is 5.92 Å². The van der Waals surface area contributed by atoms with E-state index in [4.69, 9.17) is 4.74 Å². The Labute approximate surface area is 129 Å². The highest BCUT2D eigenvalue weighted by atomic mass is 16.6. The van der Waals surface area contributed by atoms with Gasteiger partial charge in [0, 0.05) is 25.7 Å². The number of benzene rings is 1. The first-order valence-electron chi connectivity index (χ1n) is 7.34. The summed E-state index contributed by atoms with van der Waals surface area (Å²) in [6, 6.07) is 4.95. The van der Waals surface area contributed by atoms with Gasteiger partial charge in [0.2, 0.25) is 0 Å². The van der Waals surface area contributed by atoms with Crippen molar-refractivity contribution in [3.63, 3.8) is 0 Å². The fourth-order valence-corrected chi connectivity index (χ4v) is 2.57. The number of ether oxygens (including phenoxy) is 1. The molecule has 2 rings (SSSR count). The molecule has 0 N–H and O–H groups in total. The molecule has 22 heavy (non-hydrogen) atoms. The van der Waals surface area contributed by atoms with Crippen LogP contribution in [0.15, 0.2) is 24.3 Å². The summed E-state index contributed by atoms with van der Waals surface area (Å²) in [6.07, 6.45) is 5.34. The van der Waals surface area contributed by atoms with Gasteiger partial charge in [-0.3, -0.25) is 10.1 Å². The third kappa shape index (κ3) is 3.84. The zero-order chi connectivity index (χ0) is 16.1. The number of aryl methyl sites for hydroxylation is 1. The normalized spacial score (nSPS) is 16.5. The van der Waals surface area contributed by atoms with Gasteiger partial charge in [0.05, 0.1) is 11.5 Å². The van der Waals surface area contributed by atoms with Gasteiger partial charge in [0.1, 0.15) is 0 Å². The van der Waals surface area contributed by atoms with Crippen molar-refractivity contribution < 1.29 is 14.5 Å². The molecule has 0 radical (unpaired) electrons. The fraction of sp³-hybridized carbons (Fsp3) is 0.438. The van der Waals surface area contributed by atoms with Crippen LogP contribution in [0.4, 0.5) is 10.5 Å². The standard InChI is InChI=1S/C16H20N2O4/c1-3-22-16(19)17(2)11-12-4-6-13-8-9-15(18(20)21)10-14(13)7-5-12/h5,7-10,12H,3-4,6,11H2,1-2H3. The molecule has 1 aliphatic carbocycles. The number of nitro benzene ring substituents is 1. The Hall–Kier alpha value is -2.37. The maximum absolute atomic E-state index is 11.6. The lowest BCUT2D eigenvalue weighted by Crippen LogP contribution is -2.31. The maximum atomic E-state index is 11.6. The first-order chi connectivity index (χ1) is 10.5. The molecular formula is C16H20N2O4. The second kappa shape index (κ2) is 7.06. The molecule has 1 aromatic carbocycles. The first-order valence-corrected chi connectivity index (χ1v) is 7.34. The SMILES string of the molecule is CCOC(=O)N(C)CC1C=Cc2cc([N+](=O)[O-])ccc2CC1. The molecule has 0 bridgehead atoms. The van der Waals surface area contributed by atoms with Crippen LogP contribution in [0.1, 0.15) is 24.5 Å². The Morgan fingerprint density at radius 2 is 2.27 bits per heavy atom. The summed E-state index contributed by atoms with van der Waals surface area (Å²) >= 11 is 0. The van der Waals surface area contributed by atoms with Gasteiger partial charge in [-0.1, -0.05) is 18.2 Å². The number of hydrogen-bond acceptors (Lipinski definition) is 4. The van der Waals surface area contributed by atoms with Gasteiger partial charge in [-0.05, 0) is 36.8 Å². The Morgan fingerprint density at radius 1 is 1.50 bits per heavy atom. The van der Waals surface area contributed by atoms with Crippen LogP contribution in [-0.2, 0) is 11.2 Å². The topological polar surface area (TPSA) is 72.7 Å². The summed E-state index contributed by atoms with van der Waals surface area (Å²) in [6.45, 7) is 2.71. The number of nitro groups is 1. The Bertz CT molecular complexity index is 598. The second-order valence-corrected chi connectivity index (χ2v) is 5.38. The minimum atomic E-state index is -0.384. The number of hydrogen-bond donors (Lipinski definition) is 0. The monoisotopic (exact) mass is 304 g/mol. The van der Waals surface area contributed by atoms with E-state index in [1.807, 2.05) is 18.2 Å². The van der Waals surface area contributed by atoms with E-state index >= 15 is 0 Å². The van der Waals surface area contributed by atoms with E-state index in [0.717, 1.165) is 24.0 Å². The Morgan fingerprint density at radius 3 is 2.95 bits per heavy atom. The average molecular weight is 304 g/mol. The van der Waals surface area contributed by atoms with Gasteiger partial charge in [-0.15, -0.1) is 0 Å². The zero-order valence-corrected chi connectivity index (χ0v) is 12.8. The van der Waals surface area contributed by atoms with Gasteiger partial charge < -0.3 is 9.64 Å². The van der Waals surface area contributed by atoms with E-state index in [9.17, 15) is 14.9 Å². The number of amides is 1. The zero-order valence-electron chi connectivity index (χ0n) is 12.8. The van der Waals surface area contributed by atoms with E-state index in [1.54, 1.807) is 24.9 Å². The van der Waals surface area contributed by atoms with Crippen LogP contribution in [-0.4, -0.2) is 36.1 Å². The largest absolute Gasteiger partial charge is 0.450 e. The minimum Gasteiger partial charge on any atom is -0.450 e. The molecule has 6 nitrogen and oxygen atoms in total. The smallest absolute Gasteiger partial charge is 0.409 e. The molecule has 0 saturated carbocycles. The van der Waals surface area contributed by atoms with Crippen LogP contribution in [0.3, 0.4) is 0 Å². The summed E-state index contributed by atoms with van der Waals surface area (Å²) in [5.41, 5.74) is 2.09. The highest BCUT2D eigenvalue weighted by Gasteiger charge is 2.18. The van der Waals surface area contributed by atoms with Gasteiger partial charge >= 0.3 is 6.09 Å². The lowest BCUT2D eigenvalue weighted by Gasteiger charge is -2.20. The highest BCUT2D eigenvalue weighted by Crippen LogP contribution is 2.26. The summed E-state index contributed by atoms with van der Waals surface area (Å²) in [4.78, 5) is 23.7. The van der Waals surface area contributed by atoms with Gasteiger partial charge in [0.15, 0.2) is 0 Å². The van der Waals surface area contributed by atoms with Gasteiger partial charge in [0.25, 0.3) is 5.69 Å². The van der Waals surface area contributed by atoms with Crippen LogP contribution in [0.2, 0.25) is 0 Å². The Kier molecular flexibility index (Phi) is 5.14. The van der Waals surface area contributed by atoms with Crippen LogP contribution < -0.4 is 0 Å². The quantitative estimate of drug-likeness (QED) is 0.632. The second-order valence-electron chi connectivity index (χ2n) is 5.38. The number of carbonyl (C=O) groups is 1. The summed E-state index contributed by atoms with van der Waals surface area (Å²) < 4.78 is 4.97. The predicted molar refractivity (Wildman–Crippen MR) is 83.6 cm³/mol. The molecule has 1 amide bonds. The molecular weight excluding hydrogens is 284 g/mol. The van der Waals surface area contributed by atoms with E-state index in [2.05, 4.69) is 0 Å². The van der Waals surface area contributed by atoms with Crippen molar-refractivity contribution in [1.82, 2.24) is 4.90 Å². The van der Waals surface area contributed by atoms with Crippen LogP contribution in [0.5, 0.6) is 0 Å². The van der Waals surface area contributed by atoms with Crippen molar-refractivity contribution in [2.75, 3.05) is 20.2 Å². The number of fused-ring (bicyclic) bond motifs is 1. The third-order valence-corrected chi connectivity index (χ3v) is 3.76. The molecule has 1 aliphatic rings. The van der Waals surface area contributed by atoms with Crippen LogP contribution >= 0.6 is 0 Å². The molecule has 0 fully saturated rings. The molecule has 0 aromatic heterocycles. The molecule has 0 heterocycles. The van der Waals surface area contributed by atoms with Gasteiger partial charge in [-0.2, -0.15) is 0 Å². The van der Waals surface area contributed by atoms with E-state index in [1.165, 1.54) is 6.07 Å². The van der Waals surface area contributed by atoms with Crippen molar-refractivity contribution in [3.05, 3.63) is 45.5 Å². The Balaban J connectivity index is 2.07. The molecule has 118 valence electrons. The van der Waals surface area contributed by atoms with E-state index in [-0.39, 0.29) is 22.6 Å². The summed E-state index contributed by atoms with van der Waals surface area (Å²) in [7, 11) is 1.72. The molecule has 0 aliphatic heterocycles. The molecule has 0 spiro atoms. The van der Waals surface area contributed by atoms with Crippen molar-refractivity contribution in [1.29, 1.82) is 0 Å². The number of carbonyl (C=O) groups excluding carboxylic acids is 1.